The molecule has 0 bridgehead atoms. The van der Waals surface area contributed by atoms with Crippen LogP contribution in [0.4, 0.5) is 10.5 Å². The lowest BCUT2D eigenvalue weighted by atomic mass is 9.80. The number of thioether (sulfide) groups is 1. The number of anilines is 1. The molecule has 0 spiro atoms. The number of nitrogens with zero attached hydrogens (tertiary/aromatic N) is 2. The zero-order valence-electron chi connectivity index (χ0n) is 17.3. The highest BCUT2D eigenvalue weighted by Crippen LogP contribution is 2.34. The van der Waals surface area contributed by atoms with Crippen LogP contribution in [0.15, 0.2) is 18.2 Å². The van der Waals surface area contributed by atoms with Gasteiger partial charge in [0.25, 0.3) is 5.24 Å². The first-order chi connectivity index (χ1) is 14.4. The van der Waals surface area contributed by atoms with Gasteiger partial charge in [-0.3, -0.25) is 19.7 Å². The maximum Gasteiger partial charge on any atom is 0.376 e. The summed E-state index contributed by atoms with van der Waals surface area (Å²) < 4.78 is 0. The summed E-state index contributed by atoms with van der Waals surface area (Å²) in [5.41, 5.74) is 3.14. The second-order valence-electron chi connectivity index (χ2n) is 8.45. The number of imide groups is 1. The van der Waals surface area contributed by atoms with Crippen molar-refractivity contribution in [2.45, 2.75) is 50.6 Å². The molecule has 2 saturated heterocycles. The number of piperidine rings is 1. The van der Waals surface area contributed by atoms with Crippen LogP contribution < -0.4 is 10.2 Å². The van der Waals surface area contributed by atoms with Crippen LogP contribution in [0, 0.1) is 5.92 Å². The average molecular weight is 429 g/mol. The standard InChI is InChI=1S/C21H28BN3O4S/c1-22(29)24-10-7-14(8-11-24)9-12-25-17-4-2-3-15(16(17)5-6-19(25)26)13-18-20(27)23-21(28)30-18/h2-4,14,18,29H,5-13H2,1H3,(H,23,27,28). The van der Waals surface area contributed by atoms with Gasteiger partial charge in [-0.15, -0.1) is 0 Å². The third-order valence-electron chi connectivity index (χ3n) is 6.54. The Bertz CT molecular complexity index is 842. The molecule has 1 unspecified atom stereocenters. The normalized spacial score (nSPS) is 22.9. The van der Waals surface area contributed by atoms with Crippen LogP contribution in [0.25, 0.3) is 0 Å². The second-order valence-corrected chi connectivity index (χ2v) is 9.62. The number of carbonyl (C=O) groups excluding carboxylic acids is 3. The Morgan fingerprint density at radius 3 is 2.63 bits per heavy atom. The minimum Gasteiger partial charge on any atom is -0.437 e. The van der Waals surface area contributed by atoms with Crippen LogP contribution >= 0.6 is 11.8 Å². The molecule has 3 aliphatic heterocycles. The predicted molar refractivity (Wildman–Crippen MR) is 118 cm³/mol. The van der Waals surface area contributed by atoms with E-state index in [0.29, 0.717) is 31.7 Å². The van der Waals surface area contributed by atoms with Gasteiger partial charge in [0.1, 0.15) is 0 Å². The van der Waals surface area contributed by atoms with Crippen molar-refractivity contribution >= 4 is 41.6 Å². The number of hydrogen-bond acceptors (Lipinski definition) is 6. The topological polar surface area (TPSA) is 89.9 Å². The molecule has 2 N–H and O–H groups in total. The van der Waals surface area contributed by atoms with Crippen molar-refractivity contribution in [2.75, 3.05) is 24.5 Å². The van der Waals surface area contributed by atoms with Crippen molar-refractivity contribution in [3.63, 3.8) is 0 Å². The fourth-order valence-electron chi connectivity index (χ4n) is 4.75. The molecule has 3 amide bonds. The SMILES string of the molecule is CB(O)N1CCC(CCN2C(=O)CCc3c(CC4SC(=O)NC4=O)cccc32)CC1. The number of amides is 3. The van der Waals surface area contributed by atoms with Gasteiger partial charge in [-0.1, -0.05) is 23.9 Å². The third-order valence-corrected chi connectivity index (χ3v) is 7.52. The molecule has 1 aromatic rings. The molecule has 3 heterocycles. The minimum atomic E-state index is -0.394. The fraction of sp³-hybridized carbons (Fsp3) is 0.571. The Balaban J connectivity index is 1.43. The van der Waals surface area contributed by atoms with Gasteiger partial charge in [0.15, 0.2) is 0 Å². The number of fused-ring (bicyclic) bond motifs is 1. The van der Waals surface area contributed by atoms with E-state index in [2.05, 4.69) is 10.1 Å². The molecule has 1 aromatic carbocycles. The van der Waals surface area contributed by atoms with E-state index in [1.54, 1.807) is 0 Å². The quantitative estimate of drug-likeness (QED) is 0.673. The Kier molecular flexibility index (Phi) is 6.50. The van der Waals surface area contributed by atoms with Crippen LogP contribution in [0.2, 0.25) is 6.82 Å². The largest absolute Gasteiger partial charge is 0.437 e. The lowest BCUT2D eigenvalue weighted by Gasteiger charge is -2.35. The predicted octanol–water partition coefficient (Wildman–Crippen LogP) is 2.07. The smallest absolute Gasteiger partial charge is 0.376 e. The van der Waals surface area contributed by atoms with Gasteiger partial charge in [-0.05, 0) is 75.1 Å². The number of nitrogens with one attached hydrogen (secondary N) is 1. The van der Waals surface area contributed by atoms with Crippen molar-refractivity contribution in [1.82, 2.24) is 10.1 Å². The molecule has 7 nitrogen and oxygen atoms in total. The van der Waals surface area contributed by atoms with E-state index in [1.807, 2.05) is 29.9 Å². The highest BCUT2D eigenvalue weighted by molar-refractivity contribution is 8.15. The minimum absolute atomic E-state index is 0.157. The highest BCUT2D eigenvalue weighted by atomic mass is 32.2. The van der Waals surface area contributed by atoms with Gasteiger partial charge in [0.2, 0.25) is 11.8 Å². The summed E-state index contributed by atoms with van der Waals surface area (Å²) >= 11 is 1.05. The molecule has 3 aliphatic rings. The zero-order valence-corrected chi connectivity index (χ0v) is 18.1. The van der Waals surface area contributed by atoms with E-state index < -0.39 is 12.3 Å². The zero-order chi connectivity index (χ0) is 21.3. The molecule has 0 saturated carbocycles. The Hall–Kier alpha value is -1.84. The lowest BCUT2D eigenvalue weighted by molar-refractivity contribution is -0.119. The summed E-state index contributed by atoms with van der Waals surface area (Å²) in [6.07, 6.45) is 4.71. The van der Waals surface area contributed by atoms with Crippen LogP contribution in [0.3, 0.4) is 0 Å². The van der Waals surface area contributed by atoms with E-state index in [0.717, 1.165) is 60.9 Å². The number of carbonyl (C=O) groups is 3. The maximum atomic E-state index is 12.7. The van der Waals surface area contributed by atoms with Crippen LogP contribution in [0.5, 0.6) is 0 Å². The van der Waals surface area contributed by atoms with Gasteiger partial charge in [0, 0.05) is 18.7 Å². The van der Waals surface area contributed by atoms with E-state index in [4.69, 9.17) is 0 Å². The molecule has 160 valence electrons. The summed E-state index contributed by atoms with van der Waals surface area (Å²) in [5.74, 6) is 0.491. The number of benzene rings is 1. The van der Waals surface area contributed by atoms with Gasteiger partial charge >= 0.3 is 7.05 Å². The van der Waals surface area contributed by atoms with Crippen molar-refractivity contribution in [3.8, 4) is 0 Å². The molecule has 1 atom stereocenters. The molecule has 2 fully saturated rings. The van der Waals surface area contributed by atoms with Crippen molar-refractivity contribution in [1.29, 1.82) is 0 Å². The van der Waals surface area contributed by atoms with Gasteiger partial charge in [0.05, 0.1) is 5.25 Å². The van der Waals surface area contributed by atoms with E-state index in [-0.39, 0.29) is 17.1 Å². The molecule has 0 aromatic heterocycles. The van der Waals surface area contributed by atoms with Crippen LogP contribution in [-0.2, 0) is 22.4 Å². The first kappa shape index (κ1) is 21.4. The summed E-state index contributed by atoms with van der Waals surface area (Å²) in [6, 6.07) is 5.95. The molecule has 30 heavy (non-hydrogen) atoms. The number of hydrogen-bond donors (Lipinski definition) is 2. The van der Waals surface area contributed by atoms with E-state index in [9.17, 15) is 19.4 Å². The second kappa shape index (κ2) is 9.12. The van der Waals surface area contributed by atoms with Gasteiger partial charge in [-0.2, -0.15) is 0 Å². The Morgan fingerprint density at radius 2 is 1.97 bits per heavy atom. The summed E-state index contributed by atoms with van der Waals surface area (Å²) in [4.78, 5) is 40.2. The summed E-state index contributed by atoms with van der Waals surface area (Å²) in [6.45, 7) is 4.31. The monoisotopic (exact) mass is 429 g/mol. The summed E-state index contributed by atoms with van der Waals surface area (Å²) in [7, 11) is -0.393. The molecule has 4 rings (SSSR count). The first-order valence-corrected chi connectivity index (χ1v) is 11.6. The fourth-order valence-corrected chi connectivity index (χ4v) is 5.60. The molecular formula is C21H28BN3O4S. The molecule has 9 heteroatoms. The number of rotatable bonds is 6. The molecular weight excluding hydrogens is 401 g/mol. The highest BCUT2D eigenvalue weighted by Gasteiger charge is 2.34. The van der Waals surface area contributed by atoms with Crippen molar-refractivity contribution < 1.29 is 19.4 Å². The van der Waals surface area contributed by atoms with Crippen molar-refractivity contribution in [3.05, 3.63) is 29.3 Å². The van der Waals surface area contributed by atoms with E-state index >= 15 is 0 Å². The Morgan fingerprint density at radius 1 is 1.20 bits per heavy atom. The summed E-state index contributed by atoms with van der Waals surface area (Å²) in [5, 5.41) is 11.4. The Labute approximate surface area is 181 Å². The first-order valence-electron chi connectivity index (χ1n) is 10.8. The molecule has 0 radical (unpaired) electrons. The molecule has 0 aliphatic carbocycles. The third kappa shape index (κ3) is 4.58. The van der Waals surface area contributed by atoms with Crippen LogP contribution in [0.1, 0.15) is 36.8 Å². The average Bonchev–Trinajstić information content (AvgIpc) is 3.04. The van der Waals surface area contributed by atoms with Crippen LogP contribution in [-0.4, -0.2) is 58.8 Å². The van der Waals surface area contributed by atoms with E-state index in [1.165, 1.54) is 0 Å². The maximum absolute atomic E-state index is 12.7. The van der Waals surface area contributed by atoms with Gasteiger partial charge in [-0.25, -0.2) is 0 Å². The van der Waals surface area contributed by atoms with Gasteiger partial charge < -0.3 is 14.7 Å². The van der Waals surface area contributed by atoms with Crippen molar-refractivity contribution in [2.24, 2.45) is 5.92 Å². The lowest BCUT2D eigenvalue weighted by Crippen LogP contribution is -2.43.